The van der Waals surface area contributed by atoms with E-state index in [9.17, 15) is 5.11 Å². The summed E-state index contributed by atoms with van der Waals surface area (Å²) in [5.41, 5.74) is 0.851. The van der Waals surface area contributed by atoms with Crippen LogP contribution in [0.4, 0.5) is 0 Å². The Balaban J connectivity index is 2.35. The minimum atomic E-state index is -0.273. The van der Waals surface area contributed by atoms with E-state index < -0.39 is 0 Å². The number of likely N-dealkylation sites (N-methyl/N-ethyl adjacent to an activating group) is 1. The van der Waals surface area contributed by atoms with Gasteiger partial charge in [0.15, 0.2) is 0 Å². The van der Waals surface area contributed by atoms with Crippen LogP contribution in [0.2, 0.25) is 5.02 Å². The summed E-state index contributed by atoms with van der Waals surface area (Å²) in [5.74, 6) is 0.550. The van der Waals surface area contributed by atoms with Gasteiger partial charge in [0.2, 0.25) is 0 Å². The van der Waals surface area contributed by atoms with Crippen LogP contribution in [0.1, 0.15) is 18.4 Å². The van der Waals surface area contributed by atoms with Crippen molar-refractivity contribution in [3.8, 4) is 0 Å². The summed E-state index contributed by atoms with van der Waals surface area (Å²) in [6, 6.07) is 7.74. The van der Waals surface area contributed by atoms with Crippen LogP contribution in [0.25, 0.3) is 0 Å². The molecule has 1 unspecified atom stereocenters. The van der Waals surface area contributed by atoms with Crippen LogP contribution >= 0.6 is 11.6 Å². The average Bonchev–Trinajstić information content (AvgIpc) is 3.08. The standard InChI is InChI=1S/C12H16ClNO/c1-14-12(8-15,9-2-3-9)10-4-6-11(13)7-5-10/h4-7,9,14-15H,2-3,8H2,1H3. The van der Waals surface area contributed by atoms with Crippen LogP contribution in [-0.2, 0) is 5.54 Å². The molecule has 1 saturated carbocycles. The number of rotatable bonds is 4. The lowest BCUT2D eigenvalue weighted by Crippen LogP contribution is -2.45. The molecule has 1 aliphatic carbocycles. The van der Waals surface area contributed by atoms with Crippen LogP contribution in [-0.4, -0.2) is 18.8 Å². The van der Waals surface area contributed by atoms with Crippen molar-refractivity contribution in [2.75, 3.05) is 13.7 Å². The number of hydrogen-bond acceptors (Lipinski definition) is 2. The fourth-order valence-electron chi connectivity index (χ4n) is 2.21. The molecule has 15 heavy (non-hydrogen) atoms. The first-order chi connectivity index (χ1) is 7.23. The Kier molecular flexibility index (Phi) is 3.01. The van der Waals surface area contributed by atoms with Gasteiger partial charge in [-0.2, -0.15) is 0 Å². The lowest BCUT2D eigenvalue weighted by molar-refractivity contribution is 0.148. The molecular formula is C12H16ClNO. The molecule has 0 aromatic heterocycles. The molecule has 0 radical (unpaired) electrons. The fourth-order valence-corrected chi connectivity index (χ4v) is 2.33. The van der Waals surface area contributed by atoms with Gasteiger partial charge in [0.25, 0.3) is 0 Å². The van der Waals surface area contributed by atoms with E-state index in [4.69, 9.17) is 11.6 Å². The quantitative estimate of drug-likeness (QED) is 0.823. The molecule has 0 spiro atoms. The lowest BCUT2D eigenvalue weighted by atomic mass is 9.86. The maximum absolute atomic E-state index is 9.61. The Labute approximate surface area is 95.3 Å². The highest BCUT2D eigenvalue weighted by molar-refractivity contribution is 6.30. The largest absolute Gasteiger partial charge is 0.394 e. The highest BCUT2D eigenvalue weighted by Gasteiger charge is 2.44. The highest BCUT2D eigenvalue weighted by atomic mass is 35.5. The zero-order valence-corrected chi connectivity index (χ0v) is 9.59. The second-order valence-electron chi connectivity index (χ2n) is 4.16. The Morgan fingerprint density at radius 2 is 2.00 bits per heavy atom. The predicted molar refractivity (Wildman–Crippen MR) is 62.0 cm³/mol. The predicted octanol–water partition coefficient (Wildman–Crippen LogP) is 2.16. The van der Waals surface area contributed by atoms with Crippen LogP contribution in [0.5, 0.6) is 0 Å². The van der Waals surface area contributed by atoms with Gasteiger partial charge >= 0.3 is 0 Å². The molecule has 0 aliphatic heterocycles. The molecule has 82 valence electrons. The van der Waals surface area contributed by atoms with Gasteiger partial charge in [-0.3, -0.25) is 0 Å². The van der Waals surface area contributed by atoms with Gasteiger partial charge in [0.05, 0.1) is 12.1 Å². The minimum Gasteiger partial charge on any atom is -0.394 e. The van der Waals surface area contributed by atoms with E-state index in [2.05, 4.69) is 5.32 Å². The molecule has 2 N–H and O–H groups in total. The van der Waals surface area contributed by atoms with E-state index in [0.29, 0.717) is 5.92 Å². The summed E-state index contributed by atoms with van der Waals surface area (Å²) in [6.45, 7) is 0.135. The molecule has 3 heteroatoms. The summed E-state index contributed by atoms with van der Waals surface area (Å²) in [4.78, 5) is 0. The van der Waals surface area contributed by atoms with E-state index in [0.717, 1.165) is 10.6 Å². The molecule has 1 aromatic carbocycles. The molecule has 1 aromatic rings. The number of aliphatic hydroxyl groups is 1. The third-order valence-corrected chi connectivity index (χ3v) is 3.58. The molecule has 0 heterocycles. The summed E-state index contributed by atoms with van der Waals surface area (Å²) in [7, 11) is 1.91. The monoisotopic (exact) mass is 225 g/mol. The molecule has 2 nitrogen and oxygen atoms in total. The number of benzene rings is 1. The summed E-state index contributed by atoms with van der Waals surface area (Å²) < 4.78 is 0. The molecule has 0 saturated heterocycles. The van der Waals surface area contributed by atoms with Crippen molar-refractivity contribution in [2.24, 2.45) is 5.92 Å². The van der Waals surface area contributed by atoms with Gasteiger partial charge in [-0.05, 0) is 43.5 Å². The first kappa shape index (κ1) is 10.9. The molecule has 2 rings (SSSR count). The second-order valence-corrected chi connectivity index (χ2v) is 4.60. The van der Waals surface area contributed by atoms with Crippen LogP contribution < -0.4 is 5.32 Å². The molecule has 1 aliphatic rings. The number of halogens is 1. The molecule has 0 amide bonds. The van der Waals surface area contributed by atoms with Gasteiger partial charge in [-0.15, -0.1) is 0 Å². The van der Waals surface area contributed by atoms with E-state index in [1.54, 1.807) is 0 Å². The first-order valence-electron chi connectivity index (χ1n) is 5.29. The normalized spacial score (nSPS) is 19.9. The number of aliphatic hydroxyl groups excluding tert-OH is 1. The third-order valence-electron chi connectivity index (χ3n) is 3.33. The Morgan fingerprint density at radius 1 is 1.40 bits per heavy atom. The van der Waals surface area contributed by atoms with Crippen molar-refractivity contribution in [3.63, 3.8) is 0 Å². The first-order valence-corrected chi connectivity index (χ1v) is 5.66. The van der Waals surface area contributed by atoms with Crippen molar-refractivity contribution in [1.82, 2.24) is 5.32 Å². The van der Waals surface area contributed by atoms with Crippen molar-refractivity contribution in [2.45, 2.75) is 18.4 Å². The van der Waals surface area contributed by atoms with Gasteiger partial charge in [0.1, 0.15) is 0 Å². The van der Waals surface area contributed by atoms with Gasteiger partial charge in [0, 0.05) is 5.02 Å². The van der Waals surface area contributed by atoms with Crippen LogP contribution in [0.3, 0.4) is 0 Å². The molecule has 1 atom stereocenters. The SMILES string of the molecule is CNC(CO)(c1ccc(Cl)cc1)C1CC1. The lowest BCUT2D eigenvalue weighted by Gasteiger charge is -2.32. The zero-order valence-electron chi connectivity index (χ0n) is 8.83. The van der Waals surface area contributed by atoms with Crippen molar-refractivity contribution < 1.29 is 5.11 Å². The van der Waals surface area contributed by atoms with E-state index in [-0.39, 0.29) is 12.1 Å². The highest BCUT2D eigenvalue weighted by Crippen LogP contribution is 2.45. The maximum atomic E-state index is 9.61. The van der Waals surface area contributed by atoms with Crippen LogP contribution in [0, 0.1) is 5.92 Å². The average molecular weight is 226 g/mol. The molecule has 0 bridgehead atoms. The number of nitrogens with one attached hydrogen (secondary N) is 1. The second kappa shape index (κ2) is 4.12. The fraction of sp³-hybridized carbons (Fsp3) is 0.500. The van der Waals surface area contributed by atoms with Crippen molar-refractivity contribution in [3.05, 3.63) is 34.9 Å². The van der Waals surface area contributed by atoms with Gasteiger partial charge < -0.3 is 10.4 Å². The third kappa shape index (κ3) is 1.89. The van der Waals surface area contributed by atoms with Crippen molar-refractivity contribution >= 4 is 11.6 Å². The number of hydrogen-bond donors (Lipinski definition) is 2. The van der Waals surface area contributed by atoms with E-state index in [1.165, 1.54) is 12.8 Å². The van der Waals surface area contributed by atoms with Gasteiger partial charge in [-0.25, -0.2) is 0 Å². The molecule has 1 fully saturated rings. The van der Waals surface area contributed by atoms with E-state index >= 15 is 0 Å². The van der Waals surface area contributed by atoms with Crippen LogP contribution in [0.15, 0.2) is 24.3 Å². The maximum Gasteiger partial charge on any atom is 0.0695 e. The Hall–Kier alpha value is -0.570. The topological polar surface area (TPSA) is 32.3 Å². The summed E-state index contributed by atoms with van der Waals surface area (Å²) in [5, 5.41) is 13.6. The summed E-state index contributed by atoms with van der Waals surface area (Å²) in [6.07, 6.45) is 2.37. The minimum absolute atomic E-state index is 0.135. The summed E-state index contributed by atoms with van der Waals surface area (Å²) >= 11 is 5.86. The van der Waals surface area contributed by atoms with Gasteiger partial charge in [-0.1, -0.05) is 23.7 Å². The zero-order chi connectivity index (χ0) is 10.9. The smallest absolute Gasteiger partial charge is 0.0695 e. The Morgan fingerprint density at radius 3 is 2.40 bits per heavy atom. The van der Waals surface area contributed by atoms with E-state index in [1.807, 2.05) is 31.3 Å². The Bertz CT molecular complexity index is 328. The molecular weight excluding hydrogens is 210 g/mol. The van der Waals surface area contributed by atoms with Crippen molar-refractivity contribution in [1.29, 1.82) is 0 Å².